The number of nitrogens with one attached hydrogen (secondary N) is 2. The van der Waals surface area contributed by atoms with Crippen LogP contribution in [0.1, 0.15) is 40.5 Å². The van der Waals surface area contributed by atoms with E-state index < -0.39 is 11.9 Å². The number of H-pyrrole nitrogens is 1. The van der Waals surface area contributed by atoms with Gasteiger partial charge in [0.1, 0.15) is 11.9 Å². The van der Waals surface area contributed by atoms with Gasteiger partial charge in [0.15, 0.2) is 0 Å². The van der Waals surface area contributed by atoms with Crippen LogP contribution < -0.4 is 11.1 Å². The predicted molar refractivity (Wildman–Crippen MR) is 80.8 cm³/mol. The zero-order chi connectivity index (χ0) is 15.9. The van der Waals surface area contributed by atoms with Crippen molar-refractivity contribution in [2.45, 2.75) is 25.8 Å². The van der Waals surface area contributed by atoms with Crippen molar-refractivity contribution < 1.29 is 4.79 Å². The van der Waals surface area contributed by atoms with Crippen LogP contribution >= 0.6 is 0 Å². The second kappa shape index (κ2) is 7.33. The number of amides is 1. The zero-order valence-corrected chi connectivity index (χ0v) is 12.3. The maximum atomic E-state index is 12.1. The predicted octanol–water partition coefficient (Wildman–Crippen LogP) is 0.863. The molecule has 1 aromatic heterocycles. The van der Waals surface area contributed by atoms with Gasteiger partial charge < -0.3 is 11.1 Å². The van der Waals surface area contributed by atoms with Crippen LogP contribution in [0.4, 0.5) is 0 Å². The molecule has 0 bridgehead atoms. The lowest BCUT2D eigenvalue weighted by molar-refractivity contribution is 0.0935. The number of benzene rings is 1. The van der Waals surface area contributed by atoms with Crippen molar-refractivity contribution in [3.63, 3.8) is 0 Å². The number of carbonyl (C=O) groups is 1. The van der Waals surface area contributed by atoms with E-state index in [1.807, 2.05) is 24.3 Å². The summed E-state index contributed by atoms with van der Waals surface area (Å²) in [5, 5.41) is 18.4. The monoisotopic (exact) mass is 298 g/mol. The van der Waals surface area contributed by atoms with Gasteiger partial charge in [-0.05, 0) is 24.1 Å². The SMILES string of the molecule is CCc1ccc(C(C#N)NC(=O)c2n[nH]c(CCN)n2)cc1. The molecule has 0 fully saturated rings. The fraction of sp³-hybridized carbons (Fsp3) is 0.333. The highest BCUT2D eigenvalue weighted by Crippen LogP contribution is 2.14. The standard InChI is InChI=1S/C15H18N6O/c1-2-10-3-5-11(6-4-10)12(9-17)18-15(22)14-19-13(7-8-16)20-21-14/h3-6,12H,2,7-8,16H2,1H3,(H,18,22)(H,19,20,21). The van der Waals surface area contributed by atoms with Gasteiger partial charge in [-0.25, -0.2) is 4.98 Å². The molecule has 114 valence electrons. The molecular formula is C15H18N6O. The first-order chi connectivity index (χ1) is 10.7. The fourth-order valence-corrected chi connectivity index (χ4v) is 1.98. The normalized spacial score (nSPS) is 11.7. The molecule has 0 saturated carbocycles. The number of hydrogen-bond donors (Lipinski definition) is 3. The minimum atomic E-state index is -0.741. The number of aromatic nitrogens is 3. The van der Waals surface area contributed by atoms with Gasteiger partial charge in [0.05, 0.1) is 6.07 Å². The van der Waals surface area contributed by atoms with Crippen LogP contribution in [-0.4, -0.2) is 27.6 Å². The molecule has 2 rings (SSSR count). The summed E-state index contributed by atoms with van der Waals surface area (Å²) in [6.07, 6.45) is 1.44. The molecule has 0 spiro atoms. The van der Waals surface area contributed by atoms with Gasteiger partial charge in [0.2, 0.25) is 5.82 Å². The molecule has 0 radical (unpaired) electrons. The second-order valence-electron chi connectivity index (χ2n) is 4.78. The summed E-state index contributed by atoms with van der Waals surface area (Å²) < 4.78 is 0. The van der Waals surface area contributed by atoms with Crippen LogP contribution in [0.5, 0.6) is 0 Å². The van der Waals surface area contributed by atoms with Gasteiger partial charge >= 0.3 is 0 Å². The topological polar surface area (TPSA) is 120 Å². The summed E-state index contributed by atoms with van der Waals surface area (Å²) in [5.41, 5.74) is 7.32. The van der Waals surface area contributed by atoms with Crippen LogP contribution in [0.15, 0.2) is 24.3 Å². The molecule has 1 atom stereocenters. The maximum absolute atomic E-state index is 12.1. The largest absolute Gasteiger partial charge is 0.330 e. The molecule has 22 heavy (non-hydrogen) atoms. The van der Waals surface area contributed by atoms with Gasteiger partial charge in [0.25, 0.3) is 5.91 Å². The van der Waals surface area contributed by atoms with E-state index in [-0.39, 0.29) is 5.82 Å². The molecule has 0 aliphatic heterocycles. The first-order valence-corrected chi connectivity index (χ1v) is 7.08. The highest BCUT2D eigenvalue weighted by molar-refractivity contribution is 5.90. The minimum Gasteiger partial charge on any atom is -0.330 e. The Balaban J connectivity index is 2.08. The number of aryl methyl sites for hydroxylation is 1. The lowest BCUT2D eigenvalue weighted by atomic mass is 10.0. The molecule has 2 aromatic rings. The first kappa shape index (κ1) is 15.7. The first-order valence-electron chi connectivity index (χ1n) is 7.08. The number of aromatic amines is 1. The lowest BCUT2D eigenvalue weighted by Gasteiger charge is -2.11. The molecule has 0 aliphatic carbocycles. The molecule has 0 aliphatic rings. The lowest BCUT2D eigenvalue weighted by Crippen LogP contribution is -2.28. The summed E-state index contributed by atoms with van der Waals surface area (Å²) in [6.45, 7) is 2.47. The highest BCUT2D eigenvalue weighted by atomic mass is 16.2. The van der Waals surface area contributed by atoms with E-state index in [2.05, 4.69) is 33.5 Å². The molecule has 0 saturated heterocycles. The summed E-state index contributed by atoms with van der Waals surface area (Å²) in [4.78, 5) is 16.1. The number of carbonyl (C=O) groups excluding carboxylic acids is 1. The molecule has 7 nitrogen and oxygen atoms in total. The van der Waals surface area contributed by atoms with Crippen LogP contribution in [0.25, 0.3) is 0 Å². The van der Waals surface area contributed by atoms with E-state index >= 15 is 0 Å². The van der Waals surface area contributed by atoms with Crippen molar-refractivity contribution in [1.29, 1.82) is 5.26 Å². The number of nitrogens with zero attached hydrogens (tertiary/aromatic N) is 3. The van der Waals surface area contributed by atoms with Gasteiger partial charge in [-0.2, -0.15) is 5.26 Å². The zero-order valence-electron chi connectivity index (χ0n) is 12.3. The van der Waals surface area contributed by atoms with E-state index in [1.165, 1.54) is 5.56 Å². The average Bonchev–Trinajstić information content (AvgIpc) is 3.02. The van der Waals surface area contributed by atoms with E-state index in [0.717, 1.165) is 12.0 Å². The average molecular weight is 298 g/mol. The highest BCUT2D eigenvalue weighted by Gasteiger charge is 2.18. The van der Waals surface area contributed by atoms with Crippen LogP contribution in [-0.2, 0) is 12.8 Å². The molecular weight excluding hydrogens is 280 g/mol. The maximum Gasteiger partial charge on any atom is 0.292 e. The Hall–Kier alpha value is -2.72. The fourth-order valence-electron chi connectivity index (χ4n) is 1.98. The Morgan fingerprint density at radius 3 is 2.77 bits per heavy atom. The van der Waals surface area contributed by atoms with Gasteiger partial charge in [-0.3, -0.25) is 9.89 Å². The Morgan fingerprint density at radius 2 is 2.18 bits per heavy atom. The third-order valence-electron chi connectivity index (χ3n) is 3.24. The second-order valence-corrected chi connectivity index (χ2v) is 4.78. The number of rotatable bonds is 6. The molecule has 7 heteroatoms. The Bertz CT molecular complexity index is 670. The van der Waals surface area contributed by atoms with E-state index in [9.17, 15) is 10.1 Å². The molecule has 4 N–H and O–H groups in total. The smallest absolute Gasteiger partial charge is 0.292 e. The van der Waals surface area contributed by atoms with Crippen LogP contribution in [0.3, 0.4) is 0 Å². The number of nitrogens with two attached hydrogens (primary N) is 1. The van der Waals surface area contributed by atoms with Crippen molar-refractivity contribution in [2.24, 2.45) is 5.73 Å². The third kappa shape index (κ3) is 3.68. The van der Waals surface area contributed by atoms with E-state index in [4.69, 9.17) is 5.73 Å². The van der Waals surface area contributed by atoms with Crippen LogP contribution in [0.2, 0.25) is 0 Å². The number of hydrogen-bond acceptors (Lipinski definition) is 5. The van der Waals surface area contributed by atoms with E-state index in [0.29, 0.717) is 18.8 Å². The summed E-state index contributed by atoms with van der Waals surface area (Å²) >= 11 is 0. The van der Waals surface area contributed by atoms with Crippen molar-refractivity contribution in [3.05, 3.63) is 47.0 Å². The summed E-state index contributed by atoms with van der Waals surface area (Å²) in [6, 6.07) is 8.89. The molecule has 1 heterocycles. The minimum absolute atomic E-state index is 0.00822. The van der Waals surface area contributed by atoms with Crippen molar-refractivity contribution in [2.75, 3.05) is 6.54 Å². The summed E-state index contributed by atoms with van der Waals surface area (Å²) in [5.74, 6) is 0.0629. The van der Waals surface area contributed by atoms with Gasteiger partial charge in [0, 0.05) is 6.42 Å². The Morgan fingerprint density at radius 1 is 1.45 bits per heavy atom. The Labute approximate surface area is 128 Å². The van der Waals surface area contributed by atoms with Crippen LogP contribution in [0, 0.1) is 11.3 Å². The molecule has 1 amide bonds. The quantitative estimate of drug-likeness (QED) is 0.730. The van der Waals surface area contributed by atoms with Gasteiger partial charge in [-0.15, -0.1) is 5.10 Å². The van der Waals surface area contributed by atoms with Gasteiger partial charge in [-0.1, -0.05) is 31.2 Å². The van der Waals surface area contributed by atoms with Crippen molar-refractivity contribution >= 4 is 5.91 Å². The Kier molecular flexibility index (Phi) is 5.22. The molecule has 1 aromatic carbocycles. The van der Waals surface area contributed by atoms with E-state index in [1.54, 1.807) is 0 Å². The van der Waals surface area contributed by atoms with Crippen molar-refractivity contribution in [3.8, 4) is 6.07 Å². The third-order valence-corrected chi connectivity index (χ3v) is 3.24. The number of nitriles is 1. The molecule has 1 unspecified atom stereocenters. The van der Waals surface area contributed by atoms with Crippen molar-refractivity contribution in [1.82, 2.24) is 20.5 Å². The summed E-state index contributed by atoms with van der Waals surface area (Å²) in [7, 11) is 0.